The second-order valence-electron chi connectivity index (χ2n) is 14.5. The second kappa shape index (κ2) is 13.0. The highest BCUT2D eigenvalue weighted by Crippen LogP contribution is 2.66. The summed E-state index contributed by atoms with van der Waals surface area (Å²) in [6.45, 7) is 4.72. The van der Waals surface area contributed by atoms with Gasteiger partial charge in [0.1, 0.15) is 17.9 Å². The van der Waals surface area contributed by atoms with Crippen LogP contribution >= 0.6 is 0 Å². The van der Waals surface area contributed by atoms with Gasteiger partial charge >= 0.3 is 5.97 Å². The lowest BCUT2D eigenvalue weighted by Gasteiger charge is -2.63. The highest BCUT2D eigenvalue weighted by atomic mass is 32.2. The Hall–Kier alpha value is -4.88. The predicted octanol–water partition coefficient (Wildman–Crippen LogP) is 6.79. The second-order valence-corrected chi connectivity index (χ2v) is 16.2. The number of aryl methyl sites for hydroxylation is 2. The molecule has 3 heterocycles. The fourth-order valence-corrected chi connectivity index (χ4v) is 8.77. The number of carboxylic acids is 1. The van der Waals surface area contributed by atoms with Crippen molar-refractivity contribution in [3.63, 3.8) is 0 Å². The molecule has 2 bridgehead atoms. The van der Waals surface area contributed by atoms with E-state index in [9.17, 15) is 18.3 Å². The van der Waals surface area contributed by atoms with Gasteiger partial charge in [0.05, 0.1) is 28.0 Å². The first-order valence-corrected chi connectivity index (χ1v) is 18.9. The summed E-state index contributed by atoms with van der Waals surface area (Å²) >= 11 is 0. The summed E-state index contributed by atoms with van der Waals surface area (Å²) in [6.07, 6.45) is 9.90. The minimum Gasteiger partial charge on any atom is -0.478 e. The van der Waals surface area contributed by atoms with Crippen LogP contribution in [0.1, 0.15) is 83.8 Å². The molecule has 51 heavy (non-hydrogen) atoms. The number of carboxylic acid groups (broad SMARTS) is 1. The summed E-state index contributed by atoms with van der Waals surface area (Å²) in [7, 11) is -4.23. The van der Waals surface area contributed by atoms with Crippen LogP contribution in [0.3, 0.4) is 0 Å². The van der Waals surface area contributed by atoms with Gasteiger partial charge < -0.3 is 19.6 Å². The summed E-state index contributed by atoms with van der Waals surface area (Å²) in [5.74, 6) is 1.07. The molecule has 5 aromatic rings. The molecule has 4 fully saturated rings. The maximum atomic E-state index is 13.4. The van der Waals surface area contributed by atoms with Crippen LogP contribution in [0.25, 0.3) is 22.5 Å². The van der Waals surface area contributed by atoms with Gasteiger partial charge in [-0.15, -0.1) is 0 Å². The number of aromatic carboxylic acids is 1. The van der Waals surface area contributed by atoms with E-state index in [1.807, 2.05) is 38.1 Å². The fourth-order valence-electron chi connectivity index (χ4n) is 7.78. The summed E-state index contributed by atoms with van der Waals surface area (Å²) in [4.78, 5) is 29.8. The van der Waals surface area contributed by atoms with Gasteiger partial charge in [0.15, 0.2) is 0 Å². The normalized spacial score (nSPS) is 20.2. The SMILES string of the molecule is Cc1cccc(C)c1-c1cc(OC[C@@H](CC23CC(C2)C3)NCc2cnc3oc(C4CCC4)cc3n2)nc(NS(=O)(=O)c2cccc(C(=O)O)c2)n1. The molecular formula is C38H40N6O6S. The Balaban J connectivity index is 1.04. The number of nitrogens with zero attached hydrogens (tertiary/aromatic N) is 4. The van der Waals surface area contributed by atoms with Crippen LogP contribution in [-0.2, 0) is 16.6 Å². The van der Waals surface area contributed by atoms with E-state index in [-0.39, 0.29) is 34.9 Å². The van der Waals surface area contributed by atoms with E-state index in [1.54, 1.807) is 12.3 Å². The van der Waals surface area contributed by atoms with Crippen LogP contribution in [0.2, 0.25) is 0 Å². The van der Waals surface area contributed by atoms with Gasteiger partial charge in [-0.05, 0) is 93.0 Å². The lowest BCUT2D eigenvalue weighted by atomic mass is 9.43. The first-order valence-electron chi connectivity index (χ1n) is 17.5. The molecule has 0 unspecified atom stereocenters. The van der Waals surface area contributed by atoms with Gasteiger partial charge in [0.2, 0.25) is 17.5 Å². The first kappa shape index (κ1) is 33.3. The largest absolute Gasteiger partial charge is 0.478 e. The lowest BCUT2D eigenvalue weighted by Crippen LogP contribution is -2.55. The van der Waals surface area contributed by atoms with Crippen LogP contribution in [0.15, 0.2) is 70.1 Å². The van der Waals surface area contributed by atoms with Crippen molar-refractivity contribution in [2.45, 2.75) is 82.2 Å². The number of furan rings is 1. The average molecular weight is 709 g/mol. The number of hydrogen-bond donors (Lipinski definition) is 3. The van der Waals surface area contributed by atoms with Gasteiger partial charge in [-0.2, -0.15) is 4.98 Å². The molecule has 0 aliphatic heterocycles. The maximum Gasteiger partial charge on any atom is 0.335 e. The molecule has 13 heteroatoms. The number of carbonyl (C=O) groups is 1. The monoisotopic (exact) mass is 708 g/mol. The van der Waals surface area contributed by atoms with E-state index in [0.29, 0.717) is 29.3 Å². The number of benzene rings is 2. The number of fused-ring (bicyclic) bond motifs is 1. The minimum absolute atomic E-state index is 0.0313. The Morgan fingerprint density at radius 1 is 1.04 bits per heavy atom. The van der Waals surface area contributed by atoms with Crippen molar-refractivity contribution in [2.24, 2.45) is 11.3 Å². The van der Waals surface area contributed by atoms with E-state index in [2.05, 4.69) is 25.0 Å². The van der Waals surface area contributed by atoms with E-state index < -0.39 is 16.0 Å². The number of sulfonamides is 1. The van der Waals surface area contributed by atoms with Gasteiger partial charge in [-0.3, -0.25) is 0 Å². The molecule has 0 radical (unpaired) electrons. The zero-order chi connectivity index (χ0) is 35.3. The molecule has 0 amide bonds. The first-order chi connectivity index (χ1) is 24.5. The van der Waals surface area contributed by atoms with Crippen LogP contribution in [0.4, 0.5) is 5.95 Å². The van der Waals surface area contributed by atoms with Crippen molar-refractivity contribution in [3.8, 4) is 17.1 Å². The van der Waals surface area contributed by atoms with Gasteiger partial charge in [-0.1, -0.05) is 30.7 Å². The van der Waals surface area contributed by atoms with Crippen molar-refractivity contribution in [1.82, 2.24) is 25.3 Å². The topological polar surface area (TPSA) is 169 Å². The summed E-state index contributed by atoms with van der Waals surface area (Å²) in [6, 6.07) is 14.7. The van der Waals surface area contributed by atoms with E-state index >= 15 is 0 Å². The lowest BCUT2D eigenvalue weighted by molar-refractivity contribution is -0.119. The molecule has 3 aromatic heterocycles. The minimum atomic E-state index is -4.23. The third-order valence-corrected chi connectivity index (χ3v) is 12.0. The quantitative estimate of drug-likeness (QED) is 0.111. The van der Waals surface area contributed by atoms with Crippen LogP contribution in [0, 0.1) is 25.2 Å². The molecule has 3 N–H and O–H groups in total. The van der Waals surface area contributed by atoms with E-state index in [0.717, 1.165) is 64.9 Å². The zero-order valence-electron chi connectivity index (χ0n) is 28.6. The number of rotatable bonds is 14. The Bertz CT molecular complexity index is 2210. The Labute approximate surface area is 296 Å². The van der Waals surface area contributed by atoms with Crippen molar-refractivity contribution in [2.75, 3.05) is 11.3 Å². The number of aromatic nitrogens is 4. The highest BCUT2D eigenvalue weighted by Gasteiger charge is 2.56. The van der Waals surface area contributed by atoms with E-state index in [4.69, 9.17) is 14.1 Å². The van der Waals surface area contributed by atoms with Crippen LogP contribution < -0.4 is 14.8 Å². The summed E-state index contributed by atoms with van der Waals surface area (Å²) < 4.78 is 41.7. The van der Waals surface area contributed by atoms with E-state index in [1.165, 1.54) is 43.9 Å². The number of nitrogens with one attached hydrogen (secondary N) is 2. The zero-order valence-corrected chi connectivity index (χ0v) is 29.4. The number of hydrogen-bond acceptors (Lipinski definition) is 10. The van der Waals surface area contributed by atoms with Gasteiger partial charge in [-0.25, -0.2) is 32.9 Å². The summed E-state index contributed by atoms with van der Waals surface area (Å²) in [5, 5.41) is 13.1. The van der Waals surface area contributed by atoms with Gasteiger partial charge in [0.25, 0.3) is 10.0 Å². The standard InChI is InChI=1S/C38H40N6O6S/c1-22-6-3-7-23(2)34(22)30-14-33(43-37(42-30)44-51(47,48)29-11-5-10-26(12-29)36(45)46)49-21-27(18-38-15-24(16-38)17-38)39-19-28-20-40-35-31(41-28)13-32(50-35)25-8-4-9-25/h3,5-7,10-14,20,24-25,27,39H,4,8-9,15-19,21H2,1-2H3,(H,45,46)(H,42,43,44)/t24?,27-,38?/m1/s1. The molecule has 4 saturated carbocycles. The van der Waals surface area contributed by atoms with Crippen molar-refractivity contribution in [1.29, 1.82) is 0 Å². The molecule has 1 atom stereocenters. The van der Waals surface area contributed by atoms with Crippen LogP contribution in [0.5, 0.6) is 5.88 Å². The smallest absolute Gasteiger partial charge is 0.335 e. The Kier molecular flexibility index (Phi) is 8.50. The third-order valence-electron chi connectivity index (χ3n) is 10.7. The molecule has 2 aromatic carbocycles. The van der Waals surface area contributed by atoms with Crippen molar-refractivity contribution < 1.29 is 27.5 Å². The molecule has 0 saturated heterocycles. The Morgan fingerprint density at radius 2 is 1.80 bits per heavy atom. The Morgan fingerprint density at radius 3 is 2.49 bits per heavy atom. The number of anilines is 1. The maximum absolute atomic E-state index is 13.4. The molecule has 9 rings (SSSR count). The van der Waals surface area contributed by atoms with Crippen molar-refractivity contribution in [3.05, 3.63) is 88.9 Å². The average Bonchev–Trinajstić information content (AvgIpc) is 3.44. The molecule has 12 nitrogen and oxygen atoms in total. The van der Waals surface area contributed by atoms with Crippen molar-refractivity contribution >= 4 is 33.2 Å². The molecule has 264 valence electrons. The molecule has 4 aliphatic rings. The summed E-state index contributed by atoms with van der Waals surface area (Å²) in [5.41, 5.74) is 5.59. The molecule has 0 spiro atoms. The third kappa shape index (κ3) is 6.79. The van der Waals surface area contributed by atoms with Gasteiger partial charge in [0, 0.05) is 36.2 Å². The predicted molar refractivity (Wildman–Crippen MR) is 190 cm³/mol. The number of ether oxygens (including phenoxy) is 1. The fraction of sp³-hybridized carbons (Fsp3) is 0.395. The molecular weight excluding hydrogens is 669 g/mol. The molecule has 4 aliphatic carbocycles. The highest BCUT2D eigenvalue weighted by molar-refractivity contribution is 7.92. The van der Waals surface area contributed by atoms with Crippen LogP contribution in [-0.4, -0.2) is 52.1 Å².